The van der Waals surface area contributed by atoms with Crippen molar-refractivity contribution in [1.29, 1.82) is 0 Å². The highest BCUT2D eigenvalue weighted by Crippen LogP contribution is 2.43. The summed E-state index contributed by atoms with van der Waals surface area (Å²) in [5.41, 5.74) is 0.277. The number of rotatable bonds is 5. The number of carboxylic acid groups (broad SMARTS) is 1. The topological polar surface area (TPSA) is 66.4 Å². The lowest BCUT2D eigenvalue weighted by Crippen LogP contribution is -2.45. The summed E-state index contributed by atoms with van der Waals surface area (Å²) in [6.45, 7) is 2.86. The second-order valence-corrected chi connectivity index (χ2v) is 5.92. The van der Waals surface area contributed by atoms with Gasteiger partial charge in [0.2, 0.25) is 5.91 Å². The molecule has 2 rings (SSSR count). The zero-order valence-electron chi connectivity index (χ0n) is 11.5. The molecule has 0 aromatic carbocycles. The summed E-state index contributed by atoms with van der Waals surface area (Å²) in [6.07, 6.45) is 9.47. The van der Waals surface area contributed by atoms with Crippen LogP contribution < -0.4 is 5.32 Å². The molecule has 4 nitrogen and oxygen atoms in total. The molecule has 2 aliphatic carbocycles. The Hall–Kier alpha value is -1.32. The zero-order valence-corrected chi connectivity index (χ0v) is 11.5. The van der Waals surface area contributed by atoms with Crippen LogP contribution in [0.1, 0.15) is 45.4 Å². The molecule has 2 atom stereocenters. The van der Waals surface area contributed by atoms with Gasteiger partial charge in [0.15, 0.2) is 0 Å². The predicted molar refractivity (Wildman–Crippen MR) is 72.6 cm³/mol. The molecule has 0 unspecified atom stereocenters. The fraction of sp³-hybridized carbons (Fsp3) is 0.733. The molecule has 106 valence electrons. The van der Waals surface area contributed by atoms with E-state index in [0.717, 1.165) is 6.42 Å². The van der Waals surface area contributed by atoms with Crippen molar-refractivity contribution in [2.45, 2.75) is 45.4 Å². The highest BCUT2D eigenvalue weighted by atomic mass is 16.4. The van der Waals surface area contributed by atoms with E-state index in [1.165, 1.54) is 19.3 Å². The Morgan fingerprint density at radius 2 is 1.89 bits per heavy atom. The van der Waals surface area contributed by atoms with Crippen LogP contribution in [0.4, 0.5) is 0 Å². The van der Waals surface area contributed by atoms with Gasteiger partial charge in [-0.2, -0.15) is 0 Å². The number of hydrogen-bond donors (Lipinski definition) is 2. The number of carbonyl (C=O) groups excluding carboxylic acids is 1. The van der Waals surface area contributed by atoms with Crippen LogP contribution in [0.3, 0.4) is 0 Å². The van der Waals surface area contributed by atoms with Gasteiger partial charge in [-0.3, -0.25) is 9.59 Å². The molecule has 2 N–H and O–H groups in total. The Bertz CT molecular complexity index is 379. The van der Waals surface area contributed by atoms with E-state index < -0.39 is 17.8 Å². The minimum atomic E-state index is -0.863. The van der Waals surface area contributed by atoms with Gasteiger partial charge in [-0.05, 0) is 37.5 Å². The quantitative estimate of drug-likeness (QED) is 0.750. The first-order chi connectivity index (χ1) is 9.08. The van der Waals surface area contributed by atoms with Crippen molar-refractivity contribution in [3.05, 3.63) is 12.2 Å². The summed E-state index contributed by atoms with van der Waals surface area (Å²) in [5, 5.41) is 12.2. The average Bonchev–Trinajstić information content (AvgIpc) is 2.37. The minimum Gasteiger partial charge on any atom is -0.481 e. The van der Waals surface area contributed by atoms with Gasteiger partial charge in [0.1, 0.15) is 0 Å². The molecule has 0 aliphatic heterocycles. The molecular formula is C15H23NO3. The van der Waals surface area contributed by atoms with E-state index in [-0.39, 0.29) is 11.3 Å². The van der Waals surface area contributed by atoms with Crippen LogP contribution in [0, 0.1) is 17.3 Å². The summed E-state index contributed by atoms with van der Waals surface area (Å²) < 4.78 is 0. The molecule has 4 heteroatoms. The second kappa shape index (κ2) is 5.76. The van der Waals surface area contributed by atoms with Crippen molar-refractivity contribution in [3.8, 4) is 0 Å². The third-order valence-electron chi connectivity index (χ3n) is 4.89. The van der Waals surface area contributed by atoms with Gasteiger partial charge in [0, 0.05) is 6.54 Å². The molecule has 0 saturated heterocycles. The zero-order chi connectivity index (χ0) is 13.9. The number of allylic oxidation sites excluding steroid dienone is 2. The maximum atomic E-state index is 12.2. The van der Waals surface area contributed by atoms with E-state index >= 15 is 0 Å². The average molecular weight is 265 g/mol. The van der Waals surface area contributed by atoms with Gasteiger partial charge in [-0.25, -0.2) is 0 Å². The van der Waals surface area contributed by atoms with Gasteiger partial charge in [-0.1, -0.05) is 25.5 Å². The molecule has 0 aromatic heterocycles. The van der Waals surface area contributed by atoms with Crippen molar-refractivity contribution in [2.24, 2.45) is 17.3 Å². The molecule has 0 radical (unpaired) electrons. The number of aliphatic carboxylic acids is 1. The van der Waals surface area contributed by atoms with E-state index in [1.807, 2.05) is 12.2 Å². The van der Waals surface area contributed by atoms with Crippen molar-refractivity contribution >= 4 is 11.9 Å². The SMILES string of the molecule is CCC1(CNC(=O)[C@@H]2CC=CC[C@@H]2C(=O)O)CCC1. The largest absolute Gasteiger partial charge is 0.481 e. The summed E-state index contributed by atoms with van der Waals surface area (Å²) in [4.78, 5) is 23.4. The molecule has 0 bridgehead atoms. The molecule has 0 heterocycles. The van der Waals surface area contributed by atoms with Crippen LogP contribution >= 0.6 is 0 Å². The molecule has 19 heavy (non-hydrogen) atoms. The molecular weight excluding hydrogens is 242 g/mol. The van der Waals surface area contributed by atoms with Crippen LogP contribution in [-0.4, -0.2) is 23.5 Å². The van der Waals surface area contributed by atoms with Crippen molar-refractivity contribution in [3.63, 3.8) is 0 Å². The first kappa shape index (κ1) is 14.1. The number of nitrogens with one attached hydrogen (secondary N) is 1. The smallest absolute Gasteiger partial charge is 0.307 e. The molecule has 1 saturated carbocycles. The molecule has 1 amide bonds. The van der Waals surface area contributed by atoms with E-state index in [1.54, 1.807) is 0 Å². The standard InChI is InChI=1S/C15H23NO3/c1-2-15(8-5-9-15)10-16-13(17)11-6-3-4-7-12(11)14(18)19/h3-4,11-12H,2,5-10H2,1H3,(H,16,17)(H,18,19)/t11-,12+/m1/s1. The lowest BCUT2D eigenvalue weighted by Gasteiger charge is -2.41. The number of hydrogen-bond acceptors (Lipinski definition) is 2. The third kappa shape index (κ3) is 2.99. The fourth-order valence-corrected chi connectivity index (χ4v) is 3.11. The summed E-state index contributed by atoms with van der Waals surface area (Å²) >= 11 is 0. The lowest BCUT2D eigenvalue weighted by atomic mass is 9.67. The van der Waals surface area contributed by atoms with Gasteiger partial charge in [0.05, 0.1) is 11.8 Å². The molecule has 0 spiro atoms. The Morgan fingerprint density at radius 1 is 1.26 bits per heavy atom. The van der Waals surface area contributed by atoms with Crippen molar-refractivity contribution in [1.82, 2.24) is 5.32 Å². The Morgan fingerprint density at radius 3 is 2.37 bits per heavy atom. The number of carbonyl (C=O) groups is 2. The number of carboxylic acids is 1. The lowest BCUT2D eigenvalue weighted by molar-refractivity contribution is -0.147. The summed E-state index contributed by atoms with van der Waals surface area (Å²) in [6, 6.07) is 0. The van der Waals surface area contributed by atoms with Gasteiger partial charge >= 0.3 is 5.97 Å². The predicted octanol–water partition coefficient (Wildman–Crippen LogP) is 2.35. The van der Waals surface area contributed by atoms with Crippen molar-refractivity contribution < 1.29 is 14.7 Å². The summed E-state index contributed by atoms with van der Waals surface area (Å²) in [5.74, 6) is -1.92. The van der Waals surface area contributed by atoms with E-state index in [4.69, 9.17) is 0 Å². The Labute approximate surface area is 114 Å². The highest BCUT2D eigenvalue weighted by Gasteiger charge is 2.38. The Kier molecular flexibility index (Phi) is 4.27. The monoisotopic (exact) mass is 265 g/mol. The van der Waals surface area contributed by atoms with Gasteiger partial charge in [-0.15, -0.1) is 0 Å². The molecule has 2 aliphatic rings. The van der Waals surface area contributed by atoms with Crippen LogP contribution in [0.15, 0.2) is 12.2 Å². The maximum absolute atomic E-state index is 12.2. The number of amides is 1. The fourth-order valence-electron chi connectivity index (χ4n) is 3.11. The molecule has 0 aromatic rings. The van der Waals surface area contributed by atoms with E-state index in [2.05, 4.69) is 12.2 Å². The highest BCUT2D eigenvalue weighted by molar-refractivity contribution is 5.85. The third-order valence-corrected chi connectivity index (χ3v) is 4.89. The van der Waals surface area contributed by atoms with Crippen LogP contribution in [0.25, 0.3) is 0 Å². The first-order valence-corrected chi connectivity index (χ1v) is 7.23. The molecule has 1 fully saturated rings. The van der Waals surface area contributed by atoms with Gasteiger partial charge < -0.3 is 10.4 Å². The van der Waals surface area contributed by atoms with E-state index in [0.29, 0.717) is 19.4 Å². The van der Waals surface area contributed by atoms with Crippen LogP contribution in [-0.2, 0) is 9.59 Å². The van der Waals surface area contributed by atoms with E-state index in [9.17, 15) is 14.7 Å². The van der Waals surface area contributed by atoms with Gasteiger partial charge in [0.25, 0.3) is 0 Å². The Balaban J connectivity index is 1.91. The van der Waals surface area contributed by atoms with Crippen molar-refractivity contribution in [2.75, 3.05) is 6.54 Å². The minimum absolute atomic E-state index is 0.0866. The van der Waals surface area contributed by atoms with Crippen LogP contribution in [0.2, 0.25) is 0 Å². The normalized spacial score (nSPS) is 28.5. The maximum Gasteiger partial charge on any atom is 0.307 e. The summed E-state index contributed by atoms with van der Waals surface area (Å²) in [7, 11) is 0. The first-order valence-electron chi connectivity index (χ1n) is 7.23. The van der Waals surface area contributed by atoms with Crippen LogP contribution in [0.5, 0.6) is 0 Å². The second-order valence-electron chi connectivity index (χ2n) is 5.92.